The lowest BCUT2D eigenvalue weighted by Gasteiger charge is -2.24. The average Bonchev–Trinajstić information content (AvgIpc) is 0.891. The molecule has 0 bridgehead atoms. The van der Waals surface area contributed by atoms with E-state index in [1.54, 1.807) is 90.4 Å². The molecule has 0 atom stereocenters. The van der Waals surface area contributed by atoms with Crippen LogP contribution >= 0.6 is 271 Å². The fourth-order valence-electron chi connectivity index (χ4n) is 6.96. The van der Waals surface area contributed by atoms with Gasteiger partial charge >= 0.3 is 11.9 Å². The van der Waals surface area contributed by atoms with Crippen LogP contribution in [0, 0.1) is 42.8 Å². The van der Waals surface area contributed by atoms with Crippen LogP contribution in [0.25, 0.3) is 0 Å². The first-order valence-electron chi connectivity index (χ1n) is 23.2. The molecule has 86 heavy (non-hydrogen) atoms. The van der Waals surface area contributed by atoms with Crippen LogP contribution in [0.5, 0.6) is 0 Å². The van der Waals surface area contributed by atoms with Crippen LogP contribution in [0.1, 0.15) is 96.7 Å². The van der Waals surface area contributed by atoms with Crippen LogP contribution in [0.3, 0.4) is 0 Å². The topological polar surface area (TPSA) is 388 Å². The molecule has 0 unspecified atom stereocenters. The average molecular weight is 2540 g/mol. The number of carboxylic acid groups (broad SMARTS) is 2. The second kappa shape index (κ2) is 36.0. The first kappa shape index (κ1) is 79.4. The zero-order valence-corrected chi connectivity index (χ0v) is 70.3. The van der Waals surface area contributed by atoms with Crippen molar-refractivity contribution in [3.05, 3.63) is 87.3 Å². The molecule has 464 valence electrons. The van der Waals surface area contributed by atoms with E-state index in [4.69, 9.17) is 10.2 Å². The van der Waals surface area contributed by atoms with Crippen molar-refractivity contribution in [1.29, 1.82) is 0 Å². The Morgan fingerprint density at radius 3 is 0.837 bits per heavy atom. The van der Waals surface area contributed by atoms with Crippen molar-refractivity contribution in [2.24, 2.45) is 0 Å². The number of benzene rings is 4. The predicted molar refractivity (Wildman–Crippen MR) is 418 cm³/mol. The molecule has 0 saturated carbocycles. The molecule has 0 fully saturated rings. The summed E-state index contributed by atoms with van der Waals surface area (Å²) in [6.07, 6.45) is 0. The first-order chi connectivity index (χ1) is 40.0. The third kappa shape index (κ3) is 18.7. The Labute approximate surface area is 653 Å². The number of nitrogens with one attached hydrogen (secondary N) is 8. The molecule has 0 saturated heterocycles. The Kier molecular flexibility index (Phi) is 33.3. The lowest BCUT2D eigenvalue weighted by Crippen LogP contribution is -2.36. The second-order valence-corrected chi connectivity index (χ2v) is 29.5. The van der Waals surface area contributed by atoms with E-state index in [2.05, 4.69) is 42.5 Å². The Hall–Kier alpha value is -0.800. The summed E-state index contributed by atoms with van der Waals surface area (Å²) in [6.45, 7) is 0.829. The fourth-order valence-corrected chi connectivity index (χ4v) is 25.5. The van der Waals surface area contributed by atoms with Gasteiger partial charge in [-0.25, -0.2) is 9.59 Å². The smallest absolute Gasteiger partial charge is 0.337 e. The quantitative estimate of drug-likeness (QED) is 0.0401. The molecule has 0 aliphatic heterocycles. The summed E-state index contributed by atoms with van der Waals surface area (Å²) in [7, 11) is 5.92. The van der Waals surface area contributed by atoms with Gasteiger partial charge in [0.05, 0.1) is 122 Å². The number of halogens is 12. The molecule has 38 heteroatoms. The Morgan fingerprint density at radius 2 is 0.593 bits per heavy atom. The van der Waals surface area contributed by atoms with E-state index in [1.807, 2.05) is 181 Å². The van der Waals surface area contributed by atoms with Crippen LogP contribution in [0.4, 0.5) is 22.7 Å². The normalized spacial score (nSPS) is 10.6. The number of aliphatic hydroxyl groups is 2. The van der Waals surface area contributed by atoms with E-state index < -0.39 is 72.3 Å². The summed E-state index contributed by atoms with van der Waals surface area (Å²) < 4.78 is 3.53. The molecule has 0 spiro atoms. The van der Waals surface area contributed by atoms with Gasteiger partial charge in [-0.3, -0.25) is 47.9 Å². The first-order valence-corrected chi connectivity index (χ1v) is 36.2. The number of hydrogen-bond donors (Lipinski definition) is 12. The standard InChI is InChI=1S/2C24H21I6N5O8/c2*1-7(37)35(3)20-17(29)10(21(39)31-2)13(25)11(18(20)30)23(41)33-6-8(38)34-19-15(27)9(22(40)32-4-5-36)14(26)12(16(19)28)24(42)43/h2*36H,4-6H2,1-3H3,(H,31,39)(H,32,40)(H,33,41)(H,34,38)(H,42,43). The molecule has 0 aliphatic rings. The highest BCUT2D eigenvalue weighted by molar-refractivity contribution is 14.1. The molecule has 0 radical (unpaired) electrons. The number of carbonyl (C=O) groups is 12. The maximum atomic E-state index is 13.4. The van der Waals surface area contributed by atoms with E-state index in [1.165, 1.54) is 51.8 Å². The van der Waals surface area contributed by atoms with Crippen molar-refractivity contribution < 1.29 is 78.0 Å². The number of nitrogens with zero attached hydrogens (tertiary/aromatic N) is 2. The number of anilines is 4. The molecule has 26 nitrogen and oxygen atoms in total. The molecule has 0 aliphatic carbocycles. The van der Waals surface area contributed by atoms with Crippen molar-refractivity contribution in [3.8, 4) is 0 Å². The van der Waals surface area contributed by atoms with E-state index in [0.29, 0.717) is 32.8 Å². The Morgan fingerprint density at radius 1 is 0.360 bits per heavy atom. The summed E-state index contributed by atoms with van der Waals surface area (Å²) in [5.74, 6) is -8.28. The lowest BCUT2D eigenvalue weighted by atomic mass is 10.1. The zero-order chi connectivity index (χ0) is 65.8. The molecular weight excluding hydrogens is 2500 g/mol. The van der Waals surface area contributed by atoms with Crippen LogP contribution in [-0.2, 0) is 19.2 Å². The molecule has 4 aromatic rings. The highest BCUT2D eigenvalue weighted by Crippen LogP contribution is 2.41. The number of carboxylic acids is 2. The van der Waals surface area contributed by atoms with E-state index in [0.717, 1.165) is 0 Å². The van der Waals surface area contributed by atoms with Crippen LogP contribution in [-0.4, -0.2) is 159 Å². The predicted octanol–water partition coefficient (Wildman–Crippen LogP) is 6.89. The van der Waals surface area contributed by atoms with E-state index in [-0.39, 0.29) is 115 Å². The SMILES string of the molecule is CNC(=O)c1c(I)c(C(=O)NCC(=O)Nc2c(I)c(C(=O)O)c(I)c(C(=O)NCCO)c2I)c(I)c(N(C)C(C)=O)c1I.CNC(=O)c1c(I)c(C(=O)NCC(=O)Nc2c(I)c(C(=O)O)c(I)c(C(=O)NCCO)c2I)c(I)c(N(C)C(C)=O)c1I. The highest BCUT2D eigenvalue weighted by Gasteiger charge is 2.34. The second-order valence-electron chi connectivity index (χ2n) is 16.6. The van der Waals surface area contributed by atoms with Gasteiger partial charge in [-0.05, 0) is 271 Å². The van der Waals surface area contributed by atoms with Gasteiger partial charge in [0.15, 0.2) is 0 Å². The van der Waals surface area contributed by atoms with Gasteiger partial charge in [-0.2, -0.15) is 0 Å². The van der Waals surface area contributed by atoms with Gasteiger partial charge in [0, 0.05) is 69.4 Å². The largest absolute Gasteiger partial charge is 0.478 e. The molecule has 12 N–H and O–H groups in total. The fraction of sp³-hybridized carbons (Fsp3) is 0.250. The molecule has 10 amide bonds. The summed E-state index contributed by atoms with van der Waals surface area (Å²) >= 11 is 22.1. The molecule has 4 aromatic carbocycles. The summed E-state index contributed by atoms with van der Waals surface area (Å²) in [4.78, 5) is 155. The number of hydrogen-bond acceptors (Lipinski definition) is 14. The number of rotatable bonds is 20. The minimum absolute atomic E-state index is 0.0126. The number of carbonyl (C=O) groups excluding carboxylic acids is 10. The Bertz CT molecular complexity index is 3330. The molecular formula is C48H42I12N10O16. The lowest BCUT2D eigenvalue weighted by molar-refractivity contribution is -0.117. The number of amides is 10. The zero-order valence-electron chi connectivity index (χ0n) is 44.4. The monoisotopic (exact) mass is 2540 g/mol. The van der Waals surface area contributed by atoms with Crippen molar-refractivity contribution in [1.82, 2.24) is 31.9 Å². The third-order valence-corrected chi connectivity index (χ3v) is 24.1. The Balaban J connectivity index is 0.000000450. The van der Waals surface area contributed by atoms with Gasteiger partial charge in [0.1, 0.15) is 0 Å². The van der Waals surface area contributed by atoms with Gasteiger partial charge in [0.2, 0.25) is 23.6 Å². The summed E-state index contributed by atoms with van der Waals surface area (Å²) in [5, 5.41) is 58.1. The van der Waals surface area contributed by atoms with Crippen LogP contribution in [0.15, 0.2) is 0 Å². The number of aromatic carboxylic acids is 2. The molecule has 4 rings (SSSR count). The summed E-state index contributed by atoms with van der Waals surface area (Å²) in [5.41, 5.74) is 1.06. The molecule has 0 aromatic heterocycles. The van der Waals surface area contributed by atoms with Crippen molar-refractivity contribution in [2.45, 2.75) is 13.8 Å². The minimum Gasteiger partial charge on any atom is -0.478 e. The van der Waals surface area contributed by atoms with Crippen molar-refractivity contribution in [3.63, 3.8) is 0 Å². The summed E-state index contributed by atoms with van der Waals surface area (Å²) in [6, 6.07) is 0. The van der Waals surface area contributed by atoms with Gasteiger partial charge in [-0.15, -0.1) is 0 Å². The maximum absolute atomic E-state index is 13.4. The maximum Gasteiger partial charge on any atom is 0.337 e. The van der Waals surface area contributed by atoms with Gasteiger partial charge < -0.3 is 72.8 Å². The van der Waals surface area contributed by atoms with Crippen molar-refractivity contribution in [2.75, 3.05) is 88.0 Å². The van der Waals surface area contributed by atoms with Gasteiger partial charge in [-0.1, -0.05) is 0 Å². The third-order valence-electron chi connectivity index (χ3n) is 11.2. The van der Waals surface area contributed by atoms with E-state index >= 15 is 0 Å². The van der Waals surface area contributed by atoms with E-state index in [9.17, 15) is 67.7 Å². The molecule has 0 heterocycles. The van der Waals surface area contributed by atoms with Crippen LogP contribution < -0.4 is 52.3 Å². The van der Waals surface area contributed by atoms with Crippen LogP contribution in [0.2, 0.25) is 0 Å². The number of aliphatic hydroxyl groups excluding tert-OH is 2. The van der Waals surface area contributed by atoms with Gasteiger partial charge in [0.25, 0.3) is 35.4 Å². The minimum atomic E-state index is -1.31. The van der Waals surface area contributed by atoms with Crippen molar-refractivity contribution >= 4 is 365 Å². The highest BCUT2D eigenvalue weighted by atomic mass is 127.